The summed E-state index contributed by atoms with van der Waals surface area (Å²) in [7, 11) is 0. The predicted molar refractivity (Wildman–Crippen MR) is 48.9 cm³/mol. The van der Waals surface area contributed by atoms with Crippen LogP contribution in [0.5, 0.6) is 0 Å². The number of aliphatic carboxylic acids is 1. The van der Waals surface area contributed by atoms with E-state index in [1.54, 1.807) is 0 Å². The molecule has 2 fully saturated rings. The Bertz CT molecular complexity index is 385. The Morgan fingerprint density at radius 3 is 2.26 bits per heavy atom. The molecule has 0 aromatic rings. The summed E-state index contributed by atoms with van der Waals surface area (Å²) in [6.07, 6.45) is -5.44. The number of carboxylic acid groups (broad SMARTS) is 1. The van der Waals surface area contributed by atoms with Gasteiger partial charge in [0.25, 0.3) is 0 Å². The van der Waals surface area contributed by atoms with Crippen molar-refractivity contribution in [3.8, 4) is 0 Å². The zero-order valence-corrected chi connectivity index (χ0v) is 10.3. The van der Waals surface area contributed by atoms with Crippen LogP contribution in [0.1, 0.15) is 6.42 Å². The Hall–Kier alpha value is -0.713. The molecule has 19 heavy (non-hydrogen) atoms. The minimum Gasteiger partial charge on any atom is -0.549 e. The number of amides is 1. The van der Waals surface area contributed by atoms with Crippen LogP contribution in [0.25, 0.3) is 0 Å². The zero-order valence-electron chi connectivity index (χ0n) is 10.3. The third-order valence-electron chi connectivity index (χ3n) is 3.38. The fourth-order valence-electron chi connectivity index (χ4n) is 2.02. The fraction of sp³-hybridized carbons (Fsp3) is 0.800. The maximum atomic E-state index is 12.4. The van der Waals surface area contributed by atoms with Crippen molar-refractivity contribution in [3.63, 3.8) is 0 Å². The molecule has 2 aliphatic rings. The first-order chi connectivity index (χ1) is 8.28. The molecular formula is C10H11F3LiNO4. The number of alkyl halides is 3. The van der Waals surface area contributed by atoms with E-state index in [1.165, 1.54) is 0 Å². The van der Waals surface area contributed by atoms with Gasteiger partial charge < -0.3 is 20.0 Å². The van der Waals surface area contributed by atoms with Crippen LogP contribution in [0.15, 0.2) is 0 Å². The van der Waals surface area contributed by atoms with Crippen molar-refractivity contribution >= 4 is 11.9 Å². The monoisotopic (exact) mass is 273 g/mol. The molecule has 1 heterocycles. The average Bonchev–Trinajstić information content (AvgIpc) is 2.90. The third kappa shape index (κ3) is 2.91. The van der Waals surface area contributed by atoms with Crippen molar-refractivity contribution in [2.75, 3.05) is 19.8 Å². The van der Waals surface area contributed by atoms with Crippen LogP contribution in [-0.4, -0.2) is 37.8 Å². The van der Waals surface area contributed by atoms with Gasteiger partial charge in [0.2, 0.25) is 5.91 Å². The molecule has 9 heteroatoms. The van der Waals surface area contributed by atoms with Crippen LogP contribution in [0.3, 0.4) is 0 Å². The summed E-state index contributed by atoms with van der Waals surface area (Å²) >= 11 is 0. The van der Waals surface area contributed by atoms with Gasteiger partial charge in [0.05, 0.1) is 25.1 Å². The van der Waals surface area contributed by atoms with Gasteiger partial charge in [-0.15, -0.1) is 0 Å². The van der Waals surface area contributed by atoms with Gasteiger partial charge in [-0.3, -0.25) is 4.79 Å². The molecule has 0 aromatic heterocycles. The van der Waals surface area contributed by atoms with E-state index in [2.05, 4.69) is 5.32 Å². The summed E-state index contributed by atoms with van der Waals surface area (Å²) in [4.78, 5) is 22.4. The van der Waals surface area contributed by atoms with E-state index >= 15 is 0 Å². The molecule has 1 saturated carbocycles. The number of ether oxygens (including phenoxy) is 1. The first kappa shape index (κ1) is 16.3. The number of carbonyl (C=O) groups excluding carboxylic acids is 2. The SMILES string of the molecule is O=C([O-])[C@]1(C(=O)NCC2COC2)C[C@@H]1C(F)(F)F.[Li+]. The van der Waals surface area contributed by atoms with Crippen LogP contribution < -0.4 is 29.3 Å². The predicted octanol–water partition coefficient (Wildman–Crippen LogP) is -3.93. The van der Waals surface area contributed by atoms with Gasteiger partial charge in [0.15, 0.2) is 0 Å². The number of hydrogen-bond donors (Lipinski definition) is 1. The standard InChI is InChI=1S/C10H12F3NO4.Li/c11-10(12,13)6-1-9(6,8(16)17)7(15)14-2-5-3-18-4-5;/h5-6H,1-4H2,(H,14,15)(H,16,17);/q;+1/p-1/t6-,9+;/m0./s1. The minimum absolute atomic E-state index is 0. The molecule has 1 aliphatic heterocycles. The Morgan fingerprint density at radius 2 is 1.95 bits per heavy atom. The maximum absolute atomic E-state index is 12.4. The number of halogens is 3. The summed E-state index contributed by atoms with van der Waals surface area (Å²) in [5.41, 5.74) is -2.44. The Balaban J connectivity index is 0.00000180. The van der Waals surface area contributed by atoms with Crippen LogP contribution in [-0.2, 0) is 14.3 Å². The molecule has 102 valence electrons. The second kappa shape index (κ2) is 5.35. The molecule has 2 rings (SSSR count). The molecule has 0 unspecified atom stereocenters. The van der Waals surface area contributed by atoms with Crippen molar-refractivity contribution in [2.24, 2.45) is 17.3 Å². The van der Waals surface area contributed by atoms with E-state index < -0.39 is 35.8 Å². The molecule has 0 radical (unpaired) electrons. The van der Waals surface area contributed by atoms with Crippen molar-refractivity contribution in [1.82, 2.24) is 5.32 Å². The molecule has 1 amide bonds. The number of hydrogen-bond acceptors (Lipinski definition) is 4. The molecular weight excluding hydrogens is 262 g/mol. The van der Waals surface area contributed by atoms with Crippen molar-refractivity contribution in [1.29, 1.82) is 0 Å². The molecule has 1 N–H and O–H groups in total. The maximum Gasteiger partial charge on any atom is 1.00 e. The summed E-state index contributed by atoms with van der Waals surface area (Å²) in [6, 6.07) is 0. The van der Waals surface area contributed by atoms with E-state index in [-0.39, 0.29) is 31.3 Å². The molecule has 0 aromatic carbocycles. The number of carboxylic acids is 1. The van der Waals surface area contributed by atoms with E-state index in [4.69, 9.17) is 4.74 Å². The van der Waals surface area contributed by atoms with E-state index in [9.17, 15) is 27.9 Å². The first-order valence-corrected chi connectivity index (χ1v) is 5.42. The van der Waals surface area contributed by atoms with Gasteiger partial charge in [0.1, 0.15) is 5.41 Å². The minimum atomic E-state index is -4.70. The number of nitrogens with one attached hydrogen (secondary N) is 1. The summed E-state index contributed by atoms with van der Waals surface area (Å²) in [5.74, 6) is -5.19. The second-order valence-electron chi connectivity index (χ2n) is 4.67. The van der Waals surface area contributed by atoms with Gasteiger partial charge in [0, 0.05) is 12.5 Å². The molecule has 0 spiro atoms. The van der Waals surface area contributed by atoms with Crippen molar-refractivity contribution in [2.45, 2.75) is 12.6 Å². The smallest absolute Gasteiger partial charge is 0.549 e. The summed E-state index contributed by atoms with van der Waals surface area (Å²) in [6.45, 7) is 0.959. The number of rotatable bonds is 4. The van der Waals surface area contributed by atoms with Gasteiger partial charge in [-0.1, -0.05) is 0 Å². The largest absolute Gasteiger partial charge is 1.00 e. The van der Waals surface area contributed by atoms with E-state index in [0.29, 0.717) is 13.2 Å². The third-order valence-corrected chi connectivity index (χ3v) is 3.38. The van der Waals surface area contributed by atoms with Crippen LogP contribution in [0.2, 0.25) is 0 Å². The van der Waals surface area contributed by atoms with E-state index in [0.717, 1.165) is 0 Å². The van der Waals surface area contributed by atoms with Crippen LogP contribution >= 0.6 is 0 Å². The second-order valence-corrected chi connectivity index (χ2v) is 4.67. The van der Waals surface area contributed by atoms with Crippen LogP contribution in [0, 0.1) is 17.3 Å². The quantitative estimate of drug-likeness (QED) is 0.419. The van der Waals surface area contributed by atoms with Crippen molar-refractivity contribution in [3.05, 3.63) is 0 Å². The van der Waals surface area contributed by atoms with E-state index in [1.807, 2.05) is 0 Å². The zero-order chi connectivity index (χ0) is 13.6. The molecule has 5 nitrogen and oxygen atoms in total. The summed E-state index contributed by atoms with van der Waals surface area (Å²) in [5, 5.41) is 13.0. The van der Waals surface area contributed by atoms with Gasteiger partial charge in [-0.05, 0) is 6.42 Å². The van der Waals surface area contributed by atoms with Gasteiger partial charge >= 0.3 is 25.0 Å². The van der Waals surface area contributed by atoms with Gasteiger partial charge in [-0.25, -0.2) is 0 Å². The fourth-order valence-corrected chi connectivity index (χ4v) is 2.02. The Morgan fingerprint density at radius 1 is 1.37 bits per heavy atom. The molecule has 0 bridgehead atoms. The topological polar surface area (TPSA) is 78.5 Å². The average molecular weight is 273 g/mol. The molecule has 2 atom stereocenters. The Labute approximate surface area is 119 Å². The van der Waals surface area contributed by atoms with Crippen LogP contribution in [0.4, 0.5) is 13.2 Å². The van der Waals surface area contributed by atoms with Crippen molar-refractivity contribution < 1.29 is 51.5 Å². The molecule has 1 aliphatic carbocycles. The Kier molecular flexibility index (Phi) is 4.60. The number of carbonyl (C=O) groups is 2. The first-order valence-electron chi connectivity index (χ1n) is 5.42. The van der Waals surface area contributed by atoms with Gasteiger partial charge in [-0.2, -0.15) is 13.2 Å². The normalized spacial score (nSPS) is 29.9. The molecule has 1 saturated heterocycles. The summed E-state index contributed by atoms with van der Waals surface area (Å²) < 4.78 is 42.2.